The second-order valence-electron chi connectivity index (χ2n) is 3.61. The first-order valence-corrected chi connectivity index (χ1v) is 5.77. The molecule has 0 bridgehead atoms. The number of aliphatic hydroxyl groups is 2. The van der Waals surface area contributed by atoms with Gasteiger partial charge in [-0.05, 0) is 12.1 Å². The van der Waals surface area contributed by atoms with Crippen LogP contribution in [0, 0.1) is 0 Å². The minimum Gasteiger partial charge on any atom is -0.496 e. The highest BCUT2D eigenvalue weighted by molar-refractivity contribution is 6.18. The van der Waals surface area contributed by atoms with E-state index in [9.17, 15) is 15.0 Å². The molecule has 2 unspecified atom stereocenters. The Hall–Kier alpha value is -1.30. The summed E-state index contributed by atoms with van der Waals surface area (Å²) in [4.78, 5) is 11.3. The van der Waals surface area contributed by atoms with E-state index in [1.54, 1.807) is 0 Å². The molecule has 0 saturated carbocycles. The van der Waals surface area contributed by atoms with Crippen molar-refractivity contribution in [2.75, 3.05) is 20.1 Å². The maximum Gasteiger partial charge on any atom is 0.337 e. The maximum atomic E-state index is 11.3. The lowest BCUT2D eigenvalue weighted by Gasteiger charge is -2.18. The van der Waals surface area contributed by atoms with E-state index < -0.39 is 18.2 Å². The third-order valence-corrected chi connectivity index (χ3v) is 2.81. The zero-order valence-electron chi connectivity index (χ0n) is 10.1. The number of esters is 1. The Labute approximate surface area is 110 Å². The van der Waals surface area contributed by atoms with Crippen LogP contribution in [-0.2, 0) is 4.74 Å². The number of carbonyl (C=O) groups excluding carboxylic acids is 1. The molecule has 0 spiro atoms. The SMILES string of the molecule is COC(=O)c1ccc(C(O)C(O)CCl)c(OC)c1. The molecule has 0 aromatic heterocycles. The van der Waals surface area contributed by atoms with Crippen molar-refractivity contribution < 1.29 is 24.5 Å². The van der Waals surface area contributed by atoms with E-state index >= 15 is 0 Å². The highest BCUT2D eigenvalue weighted by Gasteiger charge is 2.22. The lowest BCUT2D eigenvalue weighted by atomic mass is 10.0. The molecule has 1 aromatic carbocycles. The number of carbonyl (C=O) groups is 1. The summed E-state index contributed by atoms with van der Waals surface area (Å²) in [6, 6.07) is 4.41. The van der Waals surface area contributed by atoms with Gasteiger partial charge < -0.3 is 19.7 Å². The van der Waals surface area contributed by atoms with E-state index in [0.29, 0.717) is 11.1 Å². The summed E-state index contributed by atoms with van der Waals surface area (Å²) in [7, 11) is 2.68. The molecule has 0 radical (unpaired) electrons. The summed E-state index contributed by atoms with van der Waals surface area (Å²) in [5, 5.41) is 19.4. The molecule has 100 valence electrons. The van der Waals surface area contributed by atoms with Gasteiger partial charge in [0.2, 0.25) is 0 Å². The summed E-state index contributed by atoms with van der Waals surface area (Å²) in [5.74, 6) is -0.329. The summed E-state index contributed by atoms with van der Waals surface area (Å²) in [5.41, 5.74) is 0.656. The summed E-state index contributed by atoms with van der Waals surface area (Å²) in [6.45, 7) is 0. The van der Waals surface area contributed by atoms with Crippen molar-refractivity contribution in [2.45, 2.75) is 12.2 Å². The van der Waals surface area contributed by atoms with Gasteiger partial charge in [-0.2, -0.15) is 0 Å². The van der Waals surface area contributed by atoms with Crippen molar-refractivity contribution in [1.29, 1.82) is 0 Å². The second kappa shape index (κ2) is 6.58. The molecule has 1 aromatic rings. The van der Waals surface area contributed by atoms with Crippen LogP contribution in [0.15, 0.2) is 18.2 Å². The fraction of sp³-hybridized carbons (Fsp3) is 0.417. The topological polar surface area (TPSA) is 76.0 Å². The summed E-state index contributed by atoms with van der Waals surface area (Å²) in [6.07, 6.45) is -2.28. The zero-order chi connectivity index (χ0) is 13.7. The molecule has 0 aliphatic heterocycles. The van der Waals surface area contributed by atoms with Gasteiger partial charge in [-0.15, -0.1) is 11.6 Å². The molecular weight excluding hydrogens is 260 g/mol. The van der Waals surface area contributed by atoms with Gasteiger partial charge in [-0.1, -0.05) is 6.07 Å². The summed E-state index contributed by atoms with van der Waals surface area (Å²) >= 11 is 5.47. The van der Waals surface area contributed by atoms with Gasteiger partial charge >= 0.3 is 5.97 Å². The quantitative estimate of drug-likeness (QED) is 0.621. The van der Waals surface area contributed by atoms with Crippen molar-refractivity contribution >= 4 is 17.6 Å². The third-order valence-electron chi connectivity index (χ3n) is 2.50. The predicted molar refractivity (Wildman–Crippen MR) is 66.0 cm³/mol. The molecule has 0 amide bonds. The Morgan fingerprint density at radius 1 is 1.39 bits per heavy atom. The van der Waals surface area contributed by atoms with Crippen LogP contribution in [0.5, 0.6) is 5.75 Å². The first kappa shape index (κ1) is 14.8. The van der Waals surface area contributed by atoms with Crippen LogP contribution in [0.3, 0.4) is 0 Å². The number of aliphatic hydroxyl groups excluding tert-OH is 2. The smallest absolute Gasteiger partial charge is 0.337 e. The van der Waals surface area contributed by atoms with Crippen LogP contribution in [0.2, 0.25) is 0 Å². The molecule has 0 heterocycles. The molecule has 0 aliphatic carbocycles. The highest BCUT2D eigenvalue weighted by atomic mass is 35.5. The van der Waals surface area contributed by atoms with Crippen LogP contribution in [0.1, 0.15) is 22.0 Å². The van der Waals surface area contributed by atoms with Crippen molar-refractivity contribution in [3.63, 3.8) is 0 Å². The highest BCUT2D eigenvalue weighted by Crippen LogP contribution is 2.29. The lowest BCUT2D eigenvalue weighted by molar-refractivity contribution is 0.0311. The van der Waals surface area contributed by atoms with Crippen LogP contribution in [-0.4, -0.2) is 42.4 Å². The van der Waals surface area contributed by atoms with Crippen LogP contribution >= 0.6 is 11.6 Å². The van der Waals surface area contributed by atoms with Crippen molar-refractivity contribution in [2.24, 2.45) is 0 Å². The van der Waals surface area contributed by atoms with Gasteiger partial charge in [0.25, 0.3) is 0 Å². The molecule has 0 aliphatic rings. The van der Waals surface area contributed by atoms with Gasteiger partial charge in [-0.25, -0.2) is 4.79 Å². The Morgan fingerprint density at radius 3 is 2.56 bits per heavy atom. The van der Waals surface area contributed by atoms with E-state index in [2.05, 4.69) is 4.74 Å². The summed E-state index contributed by atoms with van der Waals surface area (Å²) < 4.78 is 9.65. The van der Waals surface area contributed by atoms with Crippen molar-refractivity contribution in [3.8, 4) is 5.75 Å². The van der Waals surface area contributed by atoms with E-state index in [0.717, 1.165) is 0 Å². The fourth-order valence-electron chi connectivity index (χ4n) is 1.49. The molecule has 18 heavy (non-hydrogen) atoms. The molecule has 0 fully saturated rings. The normalized spacial score (nSPS) is 13.8. The van der Waals surface area contributed by atoms with Crippen LogP contribution in [0.25, 0.3) is 0 Å². The molecule has 5 nitrogen and oxygen atoms in total. The molecule has 1 rings (SSSR count). The number of rotatable bonds is 5. The lowest BCUT2D eigenvalue weighted by Crippen LogP contribution is -2.20. The number of hydrogen-bond acceptors (Lipinski definition) is 5. The Balaban J connectivity index is 3.11. The number of ether oxygens (including phenoxy) is 2. The van der Waals surface area contributed by atoms with Gasteiger partial charge in [0.15, 0.2) is 0 Å². The minimum absolute atomic E-state index is 0.108. The number of hydrogen-bond donors (Lipinski definition) is 2. The van der Waals surface area contributed by atoms with Gasteiger partial charge in [0.1, 0.15) is 11.9 Å². The van der Waals surface area contributed by atoms with Crippen molar-refractivity contribution in [3.05, 3.63) is 29.3 Å². The number of halogens is 1. The number of methoxy groups -OCH3 is 2. The average Bonchev–Trinajstić information content (AvgIpc) is 2.43. The molecule has 2 atom stereocenters. The van der Waals surface area contributed by atoms with Gasteiger partial charge in [0.05, 0.1) is 31.8 Å². The van der Waals surface area contributed by atoms with Gasteiger partial charge in [-0.3, -0.25) is 0 Å². The van der Waals surface area contributed by atoms with E-state index in [4.69, 9.17) is 16.3 Å². The van der Waals surface area contributed by atoms with Crippen molar-refractivity contribution in [1.82, 2.24) is 0 Å². The average molecular weight is 275 g/mol. The Morgan fingerprint density at radius 2 is 2.06 bits per heavy atom. The standard InChI is InChI=1S/C12H15ClO5/c1-17-10-5-7(12(16)18-2)3-4-8(10)11(15)9(14)6-13/h3-5,9,11,14-15H,6H2,1-2H3. The number of alkyl halides is 1. The number of benzene rings is 1. The predicted octanol–water partition coefficient (Wildman–Crippen LogP) is 1.11. The second-order valence-corrected chi connectivity index (χ2v) is 3.92. The molecule has 2 N–H and O–H groups in total. The van der Waals surface area contributed by atoms with Gasteiger partial charge in [0, 0.05) is 5.56 Å². The first-order valence-electron chi connectivity index (χ1n) is 5.23. The third kappa shape index (κ3) is 3.13. The fourth-order valence-corrected chi connectivity index (χ4v) is 1.66. The van der Waals surface area contributed by atoms with E-state index in [-0.39, 0.29) is 11.6 Å². The maximum absolute atomic E-state index is 11.3. The first-order chi connectivity index (χ1) is 8.54. The largest absolute Gasteiger partial charge is 0.496 e. The molecule has 6 heteroatoms. The minimum atomic E-state index is -1.18. The molecule has 0 saturated heterocycles. The Bertz CT molecular complexity index is 421. The van der Waals surface area contributed by atoms with E-state index in [1.807, 2.05) is 0 Å². The molecular formula is C12H15ClO5. The van der Waals surface area contributed by atoms with Crippen LogP contribution < -0.4 is 4.74 Å². The Kier molecular flexibility index (Phi) is 5.40. The van der Waals surface area contributed by atoms with Crippen LogP contribution in [0.4, 0.5) is 0 Å². The monoisotopic (exact) mass is 274 g/mol. The van der Waals surface area contributed by atoms with E-state index in [1.165, 1.54) is 32.4 Å². The zero-order valence-corrected chi connectivity index (χ0v) is 10.8.